The van der Waals surface area contributed by atoms with Crippen molar-refractivity contribution in [1.29, 1.82) is 0 Å². The smallest absolute Gasteiger partial charge is 0.276 e. The van der Waals surface area contributed by atoms with Crippen LogP contribution in [-0.2, 0) is 4.79 Å². The average molecular weight is 339 g/mol. The van der Waals surface area contributed by atoms with Crippen LogP contribution in [0.5, 0.6) is 0 Å². The zero-order valence-corrected chi connectivity index (χ0v) is 13.4. The van der Waals surface area contributed by atoms with Crippen molar-refractivity contribution in [2.45, 2.75) is 18.4 Å². The number of nitrogens with two attached hydrogens (primary N) is 1. The number of nitrogens with one attached hydrogen (secondary N) is 1. The van der Waals surface area contributed by atoms with Gasteiger partial charge in [-0.1, -0.05) is 35.5 Å². The Morgan fingerprint density at radius 1 is 1.24 bits per heavy atom. The minimum atomic E-state index is -0.833. The first-order valence-corrected chi connectivity index (χ1v) is 8.06. The lowest BCUT2D eigenvalue weighted by molar-refractivity contribution is -0.125. The van der Waals surface area contributed by atoms with E-state index in [9.17, 15) is 9.59 Å². The lowest BCUT2D eigenvalue weighted by atomic mass is 9.88. The van der Waals surface area contributed by atoms with E-state index in [1.807, 2.05) is 30.3 Å². The number of aliphatic imine (C=N–C) groups is 1. The van der Waals surface area contributed by atoms with Crippen molar-refractivity contribution >= 4 is 17.8 Å². The van der Waals surface area contributed by atoms with Crippen LogP contribution in [0.4, 0.5) is 0 Å². The lowest BCUT2D eigenvalue weighted by Gasteiger charge is -2.34. The summed E-state index contributed by atoms with van der Waals surface area (Å²) < 4.78 is 5.29. The Hall–Kier alpha value is -3.16. The number of carbonyl (C=O) groups is 2. The summed E-state index contributed by atoms with van der Waals surface area (Å²) >= 11 is 0. The Balaban J connectivity index is 1.47. The molecule has 2 aliphatic heterocycles. The van der Waals surface area contributed by atoms with E-state index in [-0.39, 0.29) is 23.5 Å². The molecule has 1 spiro atoms. The number of aromatic nitrogens is 1. The van der Waals surface area contributed by atoms with Gasteiger partial charge in [-0.3, -0.25) is 14.9 Å². The van der Waals surface area contributed by atoms with Gasteiger partial charge in [-0.25, -0.2) is 4.99 Å². The summed E-state index contributed by atoms with van der Waals surface area (Å²) in [4.78, 5) is 30.6. The molecule has 0 radical (unpaired) electrons. The molecule has 3 heterocycles. The molecule has 2 aliphatic rings. The van der Waals surface area contributed by atoms with Gasteiger partial charge in [0.1, 0.15) is 5.54 Å². The number of piperidine rings is 1. The molecular formula is C17H17N5O3. The molecule has 2 aromatic rings. The fraction of sp³-hybridized carbons (Fsp3) is 0.294. The minimum Gasteiger partial charge on any atom is -0.370 e. The fourth-order valence-corrected chi connectivity index (χ4v) is 3.24. The predicted octanol–water partition coefficient (Wildman–Crippen LogP) is 0.761. The largest absolute Gasteiger partial charge is 0.370 e. The zero-order chi connectivity index (χ0) is 17.4. The van der Waals surface area contributed by atoms with Crippen molar-refractivity contribution in [3.63, 3.8) is 0 Å². The first-order chi connectivity index (χ1) is 12.1. The van der Waals surface area contributed by atoms with Gasteiger partial charge in [0.2, 0.25) is 0 Å². The van der Waals surface area contributed by atoms with E-state index < -0.39 is 5.54 Å². The first-order valence-electron chi connectivity index (χ1n) is 8.06. The van der Waals surface area contributed by atoms with E-state index in [4.69, 9.17) is 10.3 Å². The summed E-state index contributed by atoms with van der Waals surface area (Å²) in [6.45, 7) is 0.827. The highest BCUT2D eigenvalue weighted by atomic mass is 16.5. The summed E-state index contributed by atoms with van der Waals surface area (Å²) in [5.41, 5.74) is 5.87. The molecule has 0 bridgehead atoms. The first kappa shape index (κ1) is 15.4. The number of likely N-dealkylation sites (tertiary alicyclic amines) is 1. The van der Waals surface area contributed by atoms with Crippen LogP contribution < -0.4 is 11.1 Å². The molecule has 8 heteroatoms. The molecular weight excluding hydrogens is 322 g/mol. The highest BCUT2D eigenvalue weighted by Crippen LogP contribution is 2.30. The molecule has 0 aliphatic carbocycles. The number of hydrogen-bond acceptors (Lipinski definition) is 6. The lowest BCUT2D eigenvalue weighted by Crippen LogP contribution is -2.50. The Morgan fingerprint density at radius 3 is 2.60 bits per heavy atom. The third-order valence-electron chi connectivity index (χ3n) is 4.66. The molecule has 3 N–H and O–H groups in total. The maximum atomic E-state index is 12.6. The van der Waals surface area contributed by atoms with Crippen molar-refractivity contribution in [3.05, 3.63) is 42.1 Å². The van der Waals surface area contributed by atoms with Gasteiger partial charge in [0.15, 0.2) is 17.4 Å². The zero-order valence-electron chi connectivity index (χ0n) is 13.4. The van der Waals surface area contributed by atoms with Gasteiger partial charge < -0.3 is 15.2 Å². The Morgan fingerprint density at radius 2 is 1.96 bits per heavy atom. The van der Waals surface area contributed by atoms with Crippen molar-refractivity contribution in [2.24, 2.45) is 10.7 Å². The van der Waals surface area contributed by atoms with Gasteiger partial charge in [0, 0.05) is 24.7 Å². The molecule has 1 aromatic carbocycles. The van der Waals surface area contributed by atoms with Crippen LogP contribution in [0.2, 0.25) is 0 Å². The van der Waals surface area contributed by atoms with Crippen LogP contribution in [0, 0.1) is 0 Å². The number of nitrogens with zero attached hydrogens (tertiary/aromatic N) is 3. The average Bonchev–Trinajstić information content (AvgIpc) is 3.21. The molecule has 1 fully saturated rings. The molecule has 0 atom stereocenters. The summed E-state index contributed by atoms with van der Waals surface area (Å²) in [5.74, 6) is 0.291. The van der Waals surface area contributed by atoms with Crippen LogP contribution >= 0.6 is 0 Å². The maximum Gasteiger partial charge on any atom is 0.276 e. The van der Waals surface area contributed by atoms with Gasteiger partial charge in [-0.15, -0.1) is 0 Å². The Labute approximate surface area is 143 Å². The standard InChI is InChI=1S/C17H17N5O3/c18-16-19-15(24)17(20-16)6-8-22(9-7-17)14(23)12-10-13(25-21-12)11-4-2-1-3-5-11/h1-5,10H,6-9H2,(H3,18,19,20,24). The molecule has 4 rings (SSSR count). The number of carbonyl (C=O) groups excluding carboxylic acids is 2. The SMILES string of the molecule is NC1=NC2(CCN(C(=O)c3cc(-c4ccccc4)on3)CC2)C(=O)N1. The van der Waals surface area contributed by atoms with Gasteiger partial charge >= 0.3 is 0 Å². The second-order valence-corrected chi connectivity index (χ2v) is 6.22. The quantitative estimate of drug-likeness (QED) is 0.838. The number of hydrogen-bond donors (Lipinski definition) is 2. The van der Waals surface area contributed by atoms with Crippen LogP contribution in [0.1, 0.15) is 23.3 Å². The van der Waals surface area contributed by atoms with E-state index in [1.54, 1.807) is 11.0 Å². The highest BCUT2D eigenvalue weighted by molar-refractivity contribution is 6.07. The van der Waals surface area contributed by atoms with Crippen LogP contribution in [0.25, 0.3) is 11.3 Å². The second kappa shape index (κ2) is 5.73. The monoisotopic (exact) mass is 339 g/mol. The van der Waals surface area contributed by atoms with E-state index in [0.29, 0.717) is 31.7 Å². The topological polar surface area (TPSA) is 114 Å². The third kappa shape index (κ3) is 2.65. The third-order valence-corrected chi connectivity index (χ3v) is 4.66. The number of amides is 2. The van der Waals surface area contributed by atoms with Gasteiger partial charge in [-0.05, 0) is 12.8 Å². The summed E-state index contributed by atoms with van der Waals surface area (Å²) in [5, 5.41) is 6.42. The van der Waals surface area contributed by atoms with Crippen molar-refractivity contribution < 1.29 is 14.1 Å². The van der Waals surface area contributed by atoms with E-state index >= 15 is 0 Å². The summed E-state index contributed by atoms with van der Waals surface area (Å²) in [6.07, 6.45) is 0.878. The molecule has 128 valence electrons. The number of benzene rings is 1. The summed E-state index contributed by atoms with van der Waals surface area (Å²) in [7, 11) is 0. The highest BCUT2D eigenvalue weighted by Gasteiger charge is 2.46. The Bertz CT molecular complexity index is 850. The number of guanidine groups is 1. The Kier molecular flexibility index (Phi) is 3.52. The van der Waals surface area contributed by atoms with E-state index in [1.165, 1.54) is 0 Å². The predicted molar refractivity (Wildman–Crippen MR) is 89.6 cm³/mol. The second-order valence-electron chi connectivity index (χ2n) is 6.22. The van der Waals surface area contributed by atoms with Crippen LogP contribution in [0.3, 0.4) is 0 Å². The van der Waals surface area contributed by atoms with E-state index in [2.05, 4.69) is 15.5 Å². The van der Waals surface area contributed by atoms with Gasteiger partial charge in [0.05, 0.1) is 0 Å². The van der Waals surface area contributed by atoms with Crippen molar-refractivity contribution in [3.8, 4) is 11.3 Å². The molecule has 25 heavy (non-hydrogen) atoms. The maximum absolute atomic E-state index is 12.6. The number of rotatable bonds is 2. The molecule has 1 saturated heterocycles. The molecule has 2 amide bonds. The van der Waals surface area contributed by atoms with Crippen molar-refractivity contribution in [1.82, 2.24) is 15.4 Å². The normalized spacial score (nSPS) is 19.0. The van der Waals surface area contributed by atoms with Gasteiger partial charge in [-0.2, -0.15) is 0 Å². The molecule has 8 nitrogen and oxygen atoms in total. The fourth-order valence-electron chi connectivity index (χ4n) is 3.24. The minimum absolute atomic E-state index is 0.147. The molecule has 0 saturated carbocycles. The van der Waals surface area contributed by atoms with Gasteiger partial charge in [0.25, 0.3) is 11.8 Å². The summed E-state index contributed by atoms with van der Waals surface area (Å²) in [6, 6.07) is 11.1. The molecule has 1 aromatic heterocycles. The van der Waals surface area contributed by atoms with Crippen LogP contribution in [0.15, 0.2) is 45.9 Å². The molecule has 0 unspecified atom stereocenters. The van der Waals surface area contributed by atoms with Crippen LogP contribution in [-0.4, -0.2) is 46.5 Å². The van der Waals surface area contributed by atoms with E-state index in [0.717, 1.165) is 5.56 Å². The van der Waals surface area contributed by atoms with Crippen molar-refractivity contribution in [2.75, 3.05) is 13.1 Å².